The molecule has 6 nitrogen and oxygen atoms in total. The second-order valence-electron chi connectivity index (χ2n) is 7.57. The molecule has 1 aromatic heterocycles. The number of hydrogen-bond acceptors (Lipinski definition) is 6. The highest BCUT2D eigenvalue weighted by Gasteiger charge is 2.16. The van der Waals surface area contributed by atoms with Crippen molar-refractivity contribution in [1.29, 1.82) is 0 Å². The third-order valence-electron chi connectivity index (χ3n) is 5.56. The molecule has 1 fully saturated rings. The molecule has 6 heteroatoms. The molecule has 4 rings (SSSR count). The summed E-state index contributed by atoms with van der Waals surface area (Å²) in [6, 6.07) is 20.5. The van der Waals surface area contributed by atoms with E-state index in [1.54, 1.807) is 7.11 Å². The van der Waals surface area contributed by atoms with Crippen molar-refractivity contribution in [3.05, 3.63) is 66.4 Å². The first-order chi connectivity index (χ1) is 14.8. The largest absolute Gasteiger partial charge is 0.496 e. The minimum Gasteiger partial charge on any atom is -0.496 e. The zero-order valence-corrected chi connectivity index (χ0v) is 17.6. The fourth-order valence-corrected chi connectivity index (χ4v) is 3.89. The van der Waals surface area contributed by atoms with Crippen LogP contribution < -0.4 is 15.0 Å². The van der Waals surface area contributed by atoms with Crippen molar-refractivity contribution in [2.75, 3.05) is 51.3 Å². The molecule has 1 N–H and O–H groups in total. The predicted octanol–water partition coefficient (Wildman–Crippen LogP) is 3.65. The molecule has 0 bridgehead atoms. The van der Waals surface area contributed by atoms with Gasteiger partial charge in [0, 0.05) is 43.5 Å². The van der Waals surface area contributed by atoms with Crippen molar-refractivity contribution in [3.63, 3.8) is 0 Å². The van der Waals surface area contributed by atoms with Gasteiger partial charge in [0.1, 0.15) is 11.4 Å². The van der Waals surface area contributed by atoms with Gasteiger partial charge in [0.2, 0.25) is 0 Å². The van der Waals surface area contributed by atoms with E-state index in [1.807, 2.05) is 30.3 Å². The van der Waals surface area contributed by atoms with Gasteiger partial charge in [-0.2, -0.15) is 0 Å². The number of rotatable bonds is 9. The number of nitrogens with one attached hydrogen (secondary N) is 1. The molecule has 0 aliphatic carbocycles. The molecule has 1 aliphatic rings. The van der Waals surface area contributed by atoms with Crippen LogP contribution in [0.2, 0.25) is 0 Å². The molecular formula is C24H30N4O2. The number of piperazine rings is 1. The highest BCUT2D eigenvalue weighted by molar-refractivity contribution is 5.66. The molecule has 2 heterocycles. The summed E-state index contributed by atoms with van der Waals surface area (Å²) < 4.78 is 10.9. The number of benzene rings is 2. The first kappa shape index (κ1) is 20.4. The van der Waals surface area contributed by atoms with E-state index >= 15 is 0 Å². The van der Waals surface area contributed by atoms with Gasteiger partial charge >= 0.3 is 0 Å². The van der Waals surface area contributed by atoms with Crippen molar-refractivity contribution in [1.82, 2.24) is 15.4 Å². The van der Waals surface area contributed by atoms with E-state index in [1.165, 1.54) is 5.69 Å². The van der Waals surface area contributed by atoms with E-state index in [9.17, 15) is 0 Å². The average Bonchev–Trinajstić information content (AvgIpc) is 3.28. The first-order valence-electron chi connectivity index (χ1n) is 10.7. The Morgan fingerprint density at radius 2 is 1.77 bits per heavy atom. The van der Waals surface area contributed by atoms with Crippen LogP contribution in [0.1, 0.15) is 12.2 Å². The van der Waals surface area contributed by atoms with E-state index in [-0.39, 0.29) is 0 Å². The molecule has 0 saturated carbocycles. The molecule has 2 aromatic carbocycles. The average molecular weight is 407 g/mol. The van der Waals surface area contributed by atoms with E-state index in [0.717, 1.165) is 68.5 Å². The van der Waals surface area contributed by atoms with Gasteiger partial charge in [-0.1, -0.05) is 35.5 Å². The lowest BCUT2D eigenvalue weighted by atomic mass is 10.1. The molecule has 0 atom stereocenters. The maximum atomic E-state index is 5.48. The third-order valence-corrected chi connectivity index (χ3v) is 5.56. The number of methoxy groups -OCH3 is 1. The molecule has 0 unspecified atom stereocenters. The summed E-state index contributed by atoms with van der Waals surface area (Å²) in [5.41, 5.74) is 3.09. The molecule has 158 valence electrons. The third kappa shape index (κ3) is 5.20. The molecule has 3 aromatic rings. The Balaban J connectivity index is 1.15. The summed E-state index contributed by atoms with van der Waals surface area (Å²) in [6.07, 6.45) is 1.12. The number of para-hydroxylation sites is 2. The van der Waals surface area contributed by atoms with E-state index < -0.39 is 0 Å². The van der Waals surface area contributed by atoms with Gasteiger partial charge in [0.05, 0.1) is 13.7 Å². The van der Waals surface area contributed by atoms with Crippen LogP contribution in [0.4, 0.5) is 5.69 Å². The smallest absolute Gasteiger partial charge is 0.151 e. The van der Waals surface area contributed by atoms with Crippen LogP contribution >= 0.6 is 0 Å². The van der Waals surface area contributed by atoms with Crippen molar-refractivity contribution >= 4 is 5.69 Å². The van der Waals surface area contributed by atoms with Crippen LogP contribution in [0.15, 0.2) is 65.2 Å². The molecule has 1 saturated heterocycles. The van der Waals surface area contributed by atoms with Crippen LogP contribution in [0.3, 0.4) is 0 Å². The normalized spacial score (nSPS) is 14.8. The van der Waals surface area contributed by atoms with Crippen LogP contribution in [0.5, 0.6) is 5.75 Å². The zero-order valence-electron chi connectivity index (χ0n) is 17.6. The van der Waals surface area contributed by atoms with Crippen LogP contribution in [-0.4, -0.2) is 56.4 Å². The number of nitrogens with zero attached hydrogens (tertiary/aromatic N) is 3. The molecule has 0 spiro atoms. The monoisotopic (exact) mass is 406 g/mol. The van der Waals surface area contributed by atoms with Gasteiger partial charge in [-0.3, -0.25) is 4.90 Å². The number of anilines is 1. The Bertz CT molecular complexity index is 904. The van der Waals surface area contributed by atoms with Gasteiger partial charge in [0.25, 0.3) is 0 Å². The van der Waals surface area contributed by atoms with E-state index in [2.05, 4.69) is 50.6 Å². The van der Waals surface area contributed by atoms with Crippen LogP contribution in [0.25, 0.3) is 11.3 Å². The Morgan fingerprint density at radius 1 is 1.00 bits per heavy atom. The fourth-order valence-electron chi connectivity index (χ4n) is 3.89. The van der Waals surface area contributed by atoms with E-state index in [4.69, 9.17) is 9.26 Å². The minimum absolute atomic E-state index is 0.684. The Morgan fingerprint density at radius 3 is 2.57 bits per heavy atom. The van der Waals surface area contributed by atoms with Gasteiger partial charge in [-0.15, -0.1) is 0 Å². The lowest BCUT2D eigenvalue weighted by Crippen LogP contribution is -2.46. The highest BCUT2D eigenvalue weighted by atomic mass is 16.5. The maximum absolute atomic E-state index is 5.48. The summed E-state index contributed by atoms with van der Waals surface area (Å²) in [5.74, 6) is 1.64. The summed E-state index contributed by atoms with van der Waals surface area (Å²) in [7, 11) is 1.67. The maximum Gasteiger partial charge on any atom is 0.151 e. The summed E-state index contributed by atoms with van der Waals surface area (Å²) >= 11 is 0. The predicted molar refractivity (Wildman–Crippen MR) is 120 cm³/mol. The lowest BCUT2D eigenvalue weighted by molar-refractivity contribution is 0.253. The first-order valence-corrected chi connectivity index (χ1v) is 10.7. The summed E-state index contributed by atoms with van der Waals surface area (Å²) in [6.45, 7) is 7.22. The molecule has 30 heavy (non-hydrogen) atoms. The number of aromatic nitrogens is 1. The fraction of sp³-hybridized carbons (Fsp3) is 0.375. The Hall–Kier alpha value is -2.83. The number of hydrogen-bond donors (Lipinski definition) is 1. The van der Waals surface area contributed by atoms with Gasteiger partial charge in [-0.05, 0) is 43.8 Å². The van der Waals surface area contributed by atoms with Gasteiger partial charge in [-0.25, -0.2) is 0 Å². The van der Waals surface area contributed by atoms with Crippen molar-refractivity contribution in [3.8, 4) is 17.0 Å². The SMILES string of the molecule is COc1ccccc1-c1cc(CNCCCN2CCN(c3ccccc3)CC2)on1. The summed E-state index contributed by atoms with van der Waals surface area (Å²) in [5, 5.41) is 7.66. The van der Waals surface area contributed by atoms with E-state index in [0.29, 0.717) is 6.54 Å². The molecule has 0 amide bonds. The summed E-state index contributed by atoms with van der Waals surface area (Å²) in [4.78, 5) is 5.02. The Labute approximate surface area is 178 Å². The quantitative estimate of drug-likeness (QED) is 0.548. The minimum atomic E-state index is 0.684. The molecule has 0 radical (unpaired) electrons. The second kappa shape index (κ2) is 10.3. The molecular weight excluding hydrogens is 376 g/mol. The topological polar surface area (TPSA) is 53.8 Å². The van der Waals surface area contributed by atoms with Gasteiger partial charge < -0.3 is 19.5 Å². The number of ether oxygens (including phenoxy) is 1. The Kier molecular flexibility index (Phi) is 7.00. The molecule has 1 aliphatic heterocycles. The van der Waals surface area contributed by atoms with Crippen LogP contribution in [-0.2, 0) is 6.54 Å². The van der Waals surface area contributed by atoms with Crippen molar-refractivity contribution < 1.29 is 9.26 Å². The highest BCUT2D eigenvalue weighted by Crippen LogP contribution is 2.28. The van der Waals surface area contributed by atoms with Crippen molar-refractivity contribution in [2.45, 2.75) is 13.0 Å². The second-order valence-corrected chi connectivity index (χ2v) is 7.57. The van der Waals surface area contributed by atoms with Crippen molar-refractivity contribution in [2.24, 2.45) is 0 Å². The van der Waals surface area contributed by atoms with Gasteiger partial charge in [0.15, 0.2) is 5.76 Å². The lowest BCUT2D eigenvalue weighted by Gasteiger charge is -2.36. The zero-order chi connectivity index (χ0) is 20.6. The standard InChI is InChI=1S/C24H30N4O2/c1-29-24-11-6-5-10-22(24)23-18-21(30-26-23)19-25-12-7-13-27-14-16-28(17-15-27)20-8-3-2-4-9-20/h2-6,8-11,18,25H,7,12-17,19H2,1H3. The van der Waals surface area contributed by atoms with Crippen LogP contribution in [0, 0.1) is 0 Å².